The third-order valence-corrected chi connectivity index (χ3v) is 5.30. The normalized spacial score (nSPS) is 13.3. The van der Waals surface area contributed by atoms with Crippen molar-refractivity contribution in [2.45, 2.75) is 46.1 Å². The van der Waals surface area contributed by atoms with Crippen LogP contribution in [0, 0.1) is 6.92 Å². The maximum Gasteiger partial charge on any atom is 0.150 e. The van der Waals surface area contributed by atoms with Gasteiger partial charge in [0.05, 0.1) is 5.75 Å². The second-order valence-corrected chi connectivity index (χ2v) is 7.80. The van der Waals surface area contributed by atoms with Crippen LogP contribution in [-0.2, 0) is 16.3 Å². The lowest BCUT2D eigenvalue weighted by atomic mass is 10.0. The average molecular weight is 297 g/mol. The summed E-state index contributed by atoms with van der Waals surface area (Å²) in [5, 5.41) is 3.46. The van der Waals surface area contributed by atoms with Crippen LogP contribution in [-0.4, -0.2) is 32.5 Å². The molecule has 20 heavy (non-hydrogen) atoms. The van der Waals surface area contributed by atoms with Gasteiger partial charge in [-0.05, 0) is 38.3 Å². The lowest BCUT2D eigenvalue weighted by Crippen LogP contribution is -2.31. The standard InChI is InChI=1S/C16H27NO2S/c1-4-17-16(10-7-11-20(18,19)5-2)13-15-9-6-8-14(3)12-15/h6,8-9,12,16-17H,4-5,7,10-11,13H2,1-3H3. The molecule has 1 rings (SSSR count). The van der Waals surface area contributed by atoms with Crippen LogP contribution in [0.5, 0.6) is 0 Å². The van der Waals surface area contributed by atoms with Crippen LogP contribution in [0.15, 0.2) is 24.3 Å². The Hall–Kier alpha value is -0.870. The van der Waals surface area contributed by atoms with Gasteiger partial charge in [0.2, 0.25) is 0 Å². The van der Waals surface area contributed by atoms with Crippen LogP contribution < -0.4 is 5.32 Å². The first-order valence-corrected chi connectivity index (χ1v) is 9.28. The summed E-state index contributed by atoms with van der Waals surface area (Å²) in [5.74, 6) is 0.552. The van der Waals surface area contributed by atoms with Crippen LogP contribution in [0.3, 0.4) is 0 Å². The minimum atomic E-state index is -2.84. The molecule has 3 nitrogen and oxygen atoms in total. The van der Waals surface area contributed by atoms with Gasteiger partial charge in [0, 0.05) is 11.8 Å². The van der Waals surface area contributed by atoms with E-state index in [-0.39, 0.29) is 5.75 Å². The van der Waals surface area contributed by atoms with Crippen LogP contribution in [0.1, 0.15) is 37.8 Å². The van der Waals surface area contributed by atoms with Crippen molar-refractivity contribution in [3.8, 4) is 0 Å². The molecule has 0 heterocycles. The minimum absolute atomic E-state index is 0.247. The summed E-state index contributed by atoms with van der Waals surface area (Å²) in [4.78, 5) is 0. The van der Waals surface area contributed by atoms with E-state index < -0.39 is 9.84 Å². The highest BCUT2D eigenvalue weighted by molar-refractivity contribution is 7.91. The minimum Gasteiger partial charge on any atom is -0.314 e. The summed E-state index contributed by atoms with van der Waals surface area (Å²) >= 11 is 0. The first kappa shape index (κ1) is 17.2. The molecule has 1 aromatic rings. The smallest absolute Gasteiger partial charge is 0.150 e. The van der Waals surface area contributed by atoms with Crippen LogP contribution in [0.25, 0.3) is 0 Å². The Bertz CT molecular complexity index is 497. The van der Waals surface area contributed by atoms with E-state index in [1.807, 2.05) is 0 Å². The molecule has 0 fully saturated rings. The molecule has 114 valence electrons. The average Bonchev–Trinajstić information content (AvgIpc) is 2.39. The first-order valence-electron chi connectivity index (χ1n) is 7.46. The van der Waals surface area contributed by atoms with Gasteiger partial charge in [-0.1, -0.05) is 43.7 Å². The zero-order valence-corrected chi connectivity index (χ0v) is 13.7. The first-order chi connectivity index (χ1) is 9.46. The molecule has 0 aliphatic carbocycles. The van der Waals surface area contributed by atoms with Crippen molar-refractivity contribution < 1.29 is 8.42 Å². The maximum absolute atomic E-state index is 11.5. The molecule has 0 saturated heterocycles. The summed E-state index contributed by atoms with van der Waals surface area (Å²) in [7, 11) is -2.84. The van der Waals surface area contributed by atoms with Crippen molar-refractivity contribution in [2.75, 3.05) is 18.1 Å². The molecule has 0 aromatic heterocycles. The van der Waals surface area contributed by atoms with Crippen molar-refractivity contribution in [3.05, 3.63) is 35.4 Å². The third kappa shape index (κ3) is 6.53. The van der Waals surface area contributed by atoms with Crippen molar-refractivity contribution in [1.82, 2.24) is 5.32 Å². The summed E-state index contributed by atoms with van der Waals surface area (Å²) in [5.41, 5.74) is 2.58. The Kier molecular flexibility index (Phi) is 7.24. The molecule has 1 unspecified atom stereocenters. The van der Waals surface area contributed by atoms with Crippen LogP contribution in [0.4, 0.5) is 0 Å². The Balaban J connectivity index is 2.52. The largest absolute Gasteiger partial charge is 0.314 e. The molecule has 1 N–H and O–H groups in total. The number of likely N-dealkylation sites (N-methyl/N-ethyl adjacent to an activating group) is 1. The number of sulfone groups is 1. The van der Waals surface area contributed by atoms with Crippen molar-refractivity contribution in [1.29, 1.82) is 0 Å². The van der Waals surface area contributed by atoms with Crippen molar-refractivity contribution in [2.24, 2.45) is 0 Å². The molecule has 0 saturated carbocycles. The van der Waals surface area contributed by atoms with Gasteiger partial charge in [0.15, 0.2) is 0 Å². The number of aryl methyl sites for hydroxylation is 1. The summed E-state index contributed by atoms with van der Waals surface area (Å²) in [6.45, 7) is 6.81. The highest BCUT2D eigenvalue weighted by Crippen LogP contribution is 2.11. The second-order valence-electron chi connectivity index (χ2n) is 5.33. The molecule has 1 atom stereocenters. The molecular formula is C16H27NO2S. The van der Waals surface area contributed by atoms with Gasteiger partial charge in [-0.15, -0.1) is 0 Å². The van der Waals surface area contributed by atoms with E-state index in [4.69, 9.17) is 0 Å². The van der Waals surface area contributed by atoms with Gasteiger partial charge in [-0.25, -0.2) is 8.42 Å². The number of benzene rings is 1. The van der Waals surface area contributed by atoms with E-state index in [1.54, 1.807) is 6.92 Å². The second kappa shape index (κ2) is 8.42. The summed E-state index contributed by atoms with van der Waals surface area (Å²) in [6.07, 6.45) is 2.60. The van der Waals surface area contributed by atoms with Gasteiger partial charge in [0.1, 0.15) is 9.84 Å². The van der Waals surface area contributed by atoms with E-state index in [1.165, 1.54) is 11.1 Å². The Morgan fingerprint density at radius 3 is 2.60 bits per heavy atom. The van der Waals surface area contributed by atoms with Gasteiger partial charge < -0.3 is 5.32 Å². The van der Waals surface area contributed by atoms with E-state index in [0.717, 1.165) is 25.8 Å². The molecule has 1 aromatic carbocycles. The predicted molar refractivity (Wildman–Crippen MR) is 85.9 cm³/mol. The fraction of sp³-hybridized carbons (Fsp3) is 0.625. The Morgan fingerprint density at radius 2 is 2.00 bits per heavy atom. The van der Waals surface area contributed by atoms with Crippen LogP contribution >= 0.6 is 0 Å². The highest BCUT2D eigenvalue weighted by atomic mass is 32.2. The maximum atomic E-state index is 11.5. The van der Waals surface area contributed by atoms with E-state index >= 15 is 0 Å². The number of hydrogen-bond acceptors (Lipinski definition) is 3. The summed E-state index contributed by atoms with van der Waals surface area (Å²) in [6, 6.07) is 8.87. The monoisotopic (exact) mass is 297 g/mol. The van der Waals surface area contributed by atoms with Gasteiger partial charge in [-0.2, -0.15) is 0 Å². The van der Waals surface area contributed by atoms with Crippen molar-refractivity contribution in [3.63, 3.8) is 0 Å². The summed E-state index contributed by atoms with van der Waals surface area (Å²) < 4.78 is 23.0. The molecule has 0 spiro atoms. The molecule has 0 radical (unpaired) electrons. The molecular weight excluding hydrogens is 270 g/mol. The zero-order valence-electron chi connectivity index (χ0n) is 12.9. The van der Waals surface area contributed by atoms with E-state index in [0.29, 0.717) is 11.8 Å². The number of nitrogens with one attached hydrogen (secondary N) is 1. The molecule has 4 heteroatoms. The molecule has 0 amide bonds. The SMILES string of the molecule is CCNC(CCCS(=O)(=O)CC)Cc1cccc(C)c1. The van der Waals surface area contributed by atoms with Gasteiger partial charge in [0.25, 0.3) is 0 Å². The van der Waals surface area contributed by atoms with Crippen LogP contribution in [0.2, 0.25) is 0 Å². The highest BCUT2D eigenvalue weighted by Gasteiger charge is 2.12. The number of hydrogen-bond donors (Lipinski definition) is 1. The Labute approximate surface area is 123 Å². The topological polar surface area (TPSA) is 46.2 Å². The third-order valence-electron chi connectivity index (χ3n) is 3.51. The quantitative estimate of drug-likeness (QED) is 0.762. The predicted octanol–water partition coefficient (Wildman–Crippen LogP) is 2.73. The fourth-order valence-electron chi connectivity index (χ4n) is 2.38. The Morgan fingerprint density at radius 1 is 1.25 bits per heavy atom. The molecule has 0 bridgehead atoms. The lowest BCUT2D eigenvalue weighted by molar-refractivity contribution is 0.484. The lowest BCUT2D eigenvalue weighted by Gasteiger charge is -2.18. The molecule has 0 aliphatic rings. The van der Waals surface area contributed by atoms with Gasteiger partial charge >= 0.3 is 0 Å². The zero-order chi connectivity index (χ0) is 15.0. The number of rotatable bonds is 9. The van der Waals surface area contributed by atoms with E-state index in [2.05, 4.69) is 43.4 Å². The molecule has 0 aliphatic heterocycles. The van der Waals surface area contributed by atoms with Gasteiger partial charge in [-0.3, -0.25) is 0 Å². The van der Waals surface area contributed by atoms with Crippen molar-refractivity contribution >= 4 is 9.84 Å². The fourth-order valence-corrected chi connectivity index (χ4v) is 3.28. The van der Waals surface area contributed by atoms with E-state index in [9.17, 15) is 8.42 Å².